The van der Waals surface area contributed by atoms with E-state index < -0.39 is 0 Å². The van der Waals surface area contributed by atoms with Gasteiger partial charge in [0.2, 0.25) is 0 Å². The van der Waals surface area contributed by atoms with Crippen molar-refractivity contribution in [2.45, 2.75) is 0 Å². The second kappa shape index (κ2) is 2.89. The third kappa shape index (κ3) is 1.16. The molecule has 1 aromatic carbocycles. The lowest BCUT2D eigenvalue weighted by Crippen LogP contribution is -2.27. The topological polar surface area (TPSA) is 18.5 Å². The monoisotopic (exact) mass is 162 g/mol. The Balaban J connectivity index is 2.65. The maximum atomic E-state index is 5.16. The van der Waals surface area contributed by atoms with Gasteiger partial charge in [-0.25, -0.2) is 0 Å². The molecule has 0 unspecified atom stereocenters. The lowest BCUT2D eigenvalue weighted by molar-refractivity contribution is 0.345. The van der Waals surface area contributed by atoms with Gasteiger partial charge in [0.1, 0.15) is 12.4 Å². The fourth-order valence-corrected chi connectivity index (χ4v) is 1.24. The minimum atomic E-state index is 0.666. The van der Waals surface area contributed by atoms with Gasteiger partial charge in [0, 0.05) is 5.22 Å². The van der Waals surface area contributed by atoms with Gasteiger partial charge in [0.05, 0.1) is 13.4 Å². The van der Waals surface area contributed by atoms with Crippen LogP contribution in [0.15, 0.2) is 18.2 Å². The summed E-state index contributed by atoms with van der Waals surface area (Å²) in [5, 5.41) is 2.29. The quantitative estimate of drug-likeness (QED) is 0.589. The summed E-state index contributed by atoms with van der Waals surface area (Å²) in [6, 6.07) is 5.95. The van der Waals surface area contributed by atoms with E-state index in [9.17, 15) is 0 Å². The van der Waals surface area contributed by atoms with Crippen molar-refractivity contribution in [1.29, 1.82) is 0 Å². The van der Waals surface area contributed by atoms with Crippen LogP contribution in [0.5, 0.6) is 5.75 Å². The largest absolute Gasteiger partial charge is 0.497 e. The Morgan fingerprint density at radius 2 is 2.25 bits per heavy atom. The SMILES string of the molecule is COc1ccc2c(c1)=COCC=2. The molecule has 0 saturated heterocycles. The molecule has 62 valence electrons. The van der Waals surface area contributed by atoms with E-state index in [0.717, 1.165) is 11.0 Å². The molecule has 0 saturated carbocycles. The molecule has 0 radical (unpaired) electrons. The maximum absolute atomic E-state index is 5.16. The third-order valence-corrected chi connectivity index (χ3v) is 1.90. The normalized spacial score (nSPS) is 13.4. The van der Waals surface area contributed by atoms with E-state index in [1.165, 1.54) is 5.22 Å². The molecule has 1 heterocycles. The van der Waals surface area contributed by atoms with Crippen LogP contribution in [-0.2, 0) is 4.74 Å². The fourth-order valence-electron chi connectivity index (χ4n) is 1.24. The lowest BCUT2D eigenvalue weighted by Gasteiger charge is -2.03. The van der Waals surface area contributed by atoms with Crippen molar-refractivity contribution in [3.05, 3.63) is 28.6 Å². The van der Waals surface area contributed by atoms with Crippen molar-refractivity contribution >= 4 is 12.3 Å². The number of hydrogen-bond acceptors (Lipinski definition) is 2. The number of hydrogen-bond donors (Lipinski definition) is 0. The van der Waals surface area contributed by atoms with Crippen LogP contribution in [0.3, 0.4) is 0 Å². The molecule has 1 aliphatic heterocycles. The highest BCUT2D eigenvalue weighted by Crippen LogP contribution is 2.02. The van der Waals surface area contributed by atoms with Gasteiger partial charge in [-0.15, -0.1) is 0 Å². The van der Waals surface area contributed by atoms with Crippen LogP contribution < -0.4 is 15.2 Å². The van der Waals surface area contributed by atoms with Gasteiger partial charge in [-0.05, 0) is 23.4 Å². The third-order valence-electron chi connectivity index (χ3n) is 1.90. The lowest BCUT2D eigenvalue weighted by atomic mass is 10.2. The fraction of sp³-hybridized carbons (Fsp3) is 0.200. The Bertz CT molecular complexity index is 393. The highest BCUT2D eigenvalue weighted by molar-refractivity contribution is 5.37. The van der Waals surface area contributed by atoms with Crippen molar-refractivity contribution in [1.82, 2.24) is 0 Å². The molecule has 2 nitrogen and oxygen atoms in total. The molecule has 0 amide bonds. The highest BCUT2D eigenvalue weighted by Gasteiger charge is 1.94. The zero-order chi connectivity index (χ0) is 8.39. The molecule has 0 aliphatic carbocycles. The van der Waals surface area contributed by atoms with Crippen molar-refractivity contribution in [3.8, 4) is 5.75 Å². The average molecular weight is 162 g/mol. The molecule has 0 N–H and O–H groups in total. The van der Waals surface area contributed by atoms with Crippen LogP contribution in [0.1, 0.15) is 0 Å². The van der Waals surface area contributed by atoms with E-state index in [4.69, 9.17) is 9.47 Å². The summed E-state index contributed by atoms with van der Waals surface area (Å²) in [4.78, 5) is 0. The second-order valence-corrected chi connectivity index (χ2v) is 2.65. The standard InChI is InChI=1S/C10H10O2/c1-11-10-3-2-8-4-5-12-7-9(8)6-10/h2-4,6-7H,5H2,1H3. The zero-order valence-corrected chi connectivity index (χ0v) is 6.91. The second-order valence-electron chi connectivity index (χ2n) is 2.65. The Kier molecular flexibility index (Phi) is 1.74. The first-order valence-electron chi connectivity index (χ1n) is 3.86. The minimum absolute atomic E-state index is 0.666. The van der Waals surface area contributed by atoms with Crippen molar-refractivity contribution in [2.24, 2.45) is 0 Å². The number of ether oxygens (including phenoxy) is 2. The summed E-state index contributed by atoms with van der Waals surface area (Å²) in [7, 11) is 1.66. The summed E-state index contributed by atoms with van der Waals surface area (Å²) in [5.41, 5.74) is 0. The summed E-state index contributed by atoms with van der Waals surface area (Å²) in [6.45, 7) is 0.666. The van der Waals surface area contributed by atoms with Crippen molar-refractivity contribution in [3.63, 3.8) is 0 Å². The molecular weight excluding hydrogens is 152 g/mol. The molecule has 0 fully saturated rings. The molecule has 12 heavy (non-hydrogen) atoms. The predicted octanol–water partition coefficient (Wildman–Crippen LogP) is 0.244. The molecule has 0 aromatic heterocycles. The zero-order valence-electron chi connectivity index (χ0n) is 6.91. The first-order valence-corrected chi connectivity index (χ1v) is 3.86. The van der Waals surface area contributed by atoms with E-state index in [2.05, 4.69) is 6.08 Å². The molecule has 1 aliphatic rings. The molecular formula is C10H10O2. The number of benzene rings is 1. The first-order chi connectivity index (χ1) is 5.90. The Labute approximate surface area is 70.7 Å². The summed E-state index contributed by atoms with van der Waals surface area (Å²) in [5.74, 6) is 0.865. The molecule has 0 spiro atoms. The Hall–Kier alpha value is -1.44. The smallest absolute Gasteiger partial charge is 0.119 e. The van der Waals surface area contributed by atoms with Gasteiger partial charge < -0.3 is 9.47 Å². The average Bonchev–Trinajstić information content (AvgIpc) is 2.17. The van der Waals surface area contributed by atoms with Crippen molar-refractivity contribution in [2.75, 3.05) is 13.7 Å². The maximum Gasteiger partial charge on any atom is 0.119 e. The highest BCUT2D eigenvalue weighted by atomic mass is 16.5. The number of rotatable bonds is 1. The van der Waals surface area contributed by atoms with E-state index in [0.29, 0.717) is 6.61 Å². The first kappa shape index (κ1) is 7.22. The molecule has 1 aromatic rings. The van der Waals surface area contributed by atoms with Gasteiger partial charge in [0.15, 0.2) is 0 Å². The van der Waals surface area contributed by atoms with Crippen LogP contribution in [0.2, 0.25) is 0 Å². The molecule has 0 bridgehead atoms. The van der Waals surface area contributed by atoms with Gasteiger partial charge in [0.25, 0.3) is 0 Å². The van der Waals surface area contributed by atoms with E-state index in [-0.39, 0.29) is 0 Å². The van der Waals surface area contributed by atoms with E-state index in [1.807, 2.05) is 18.2 Å². The van der Waals surface area contributed by atoms with Gasteiger partial charge in [-0.1, -0.05) is 6.07 Å². The summed E-state index contributed by atoms with van der Waals surface area (Å²) in [6.07, 6.45) is 3.81. The minimum Gasteiger partial charge on any atom is -0.497 e. The van der Waals surface area contributed by atoms with Crippen LogP contribution in [-0.4, -0.2) is 13.7 Å². The van der Waals surface area contributed by atoms with Gasteiger partial charge >= 0.3 is 0 Å². The van der Waals surface area contributed by atoms with Gasteiger partial charge in [-0.2, -0.15) is 0 Å². The van der Waals surface area contributed by atoms with Crippen LogP contribution >= 0.6 is 0 Å². The number of methoxy groups -OCH3 is 1. The molecule has 0 atom stereocenters. The summed E-state index contributed by atoms with van der Waals surface area (Å²) < 4.78 is 10.3. The van der Waals surface area contributed by atoms with E-state index >= 15 is 0 Å². The van der Waals surface area contributed by atoms with Crippen LogP contribution in [0.25, 0.3) is 12.3 Å². The predicted molar refractivity (Wildman–Crippen MR) is 47.1 cm³/mol. The summed E-state index contributed by atoms with van der Waals surface area (Å²) >= 11 is 0. The van der Waals surface area contributed by atoms with Gasteiger partial charge in [-0.3, -0.25) is 0 Å². The Morgan fingerprint density at radius 3 is 3.08 bits per heavy atom. The van der Waals surface area contributed by atoms with Crippen molar-refractivity contribution < 1.29 is 9.47 Å². The molecule has 2 rings (SSSR count). The van der Waals surface area contributed by atoms with Crippen LogP contribution in [0, 0.1) is 0 Å². The molecule has 2 heteroatoms. The number of fused-ring (bicyclic) bond motifs is 1. The Morgan fingerprint density at radius 1 is 1.33 bits per heavy atom. The van der Waals surface area contributed by atoms with E-state index in [1.54, 1.807) is 13.4 Å². The van der Waals surface area contributed by atoms with Crippen LogP contribution in [0.4, 0.5) is 0 Å².